The van der Waals surface area contributed by atoms with E-state index in [2.05, 4.69) is 21.2 Å². The molecule has 1 atom stereocenters. The van der Waals surface area contributed by atoms with E-state index in [1.54, 1.807) is 0 Å². The molecule has 25 heavy (non-hydrogen) atoms. The quantitative estimate of drug-likeness (QED) is 0.719. The summed E-state index contributed by atoms with van der Waals surface area (Å²) in [7, 11) is 0. The molecule has 0 bridgehead atoms. The molecule has 0 saturated heterocycles. The van der Waals surface area contributed by atoms with Crippen molar-refractivity contribution in [1.82, 2.24) is 5.32 Å². The maximum absolute atomic E-state index is 12.3. The molecule has 1 heterocycles. The van der Waals surface area contributed by atoms with Crippen LogP contribution in [-0.2, 0) is 4.79 Å². The van der Waals surface area contributed by atoms with E-state index < -0.39 is 0 Å². The molecule has 1 aliphatic rings. The van der Waals surface area contributed by atoms with Gasteiger partial charge in [0.25, 0.3) is 0 Å². The lowest BCUT2D eigenvalue weighted by molar-refractivity contribution is -0.122. The average molecular weight is 404 g/mol. The van der Waals surface area contributed by atoms with Crippen LogP contribution in [0.15, 0.2) is 46.9 Å². The van der Waals surface area contributed by atoms with E-state index in [0.29, 0.717) is 26.1 Å². The minimum atomic E-state index is 0.00596. The Hall–Kier alpha value is -2.01. The third-order valence-corrected chi connectivity index (χ3v) is 4.65. The van der Waals surface area contributed by atoms with Gasteiger partial charge in [-0.15, -0.1) is 0 Å². The molecule has 1 aliphatic heterocycles. The Balaban J connectivity index is 1.46. The molecule has 3 rings (SSSR count). The van der Waals surface area contributed by atoms with Crippen LogP contribution in [0.3, 0.4) is 0 Å². The normalized spacial score (nSPS) is 15.8. The van der Waals surface area contributed by atoms with Gasteiger partial charge in [0, 0.05) is 22.9 Å². The molecular weight excluding hydrogens is 382 g/mol. The number of hydrogen-bond acceptors (Lipinski definition) is 3. The van der Waals surface area contributed by atoms with Gasteiger partial charge < -0.3 is 14.8 Å². The topological polar surface area (TPSA) is 47.6 Å². The summed E-state index contributed by atoms with van der Waals surface area (Å²) >= 11 is 3.48. The Labute approximate surface area is 156 Å². The van der Waals surface area contributed by atoms with Crippen LogP contribution >= 0.6 is 15.9 Å². The van der Waals surface area contributed by atoms with Gasteiger partial charge in [-0.1, -0.05) is 28.1 Å². The molecule has 4 nitrogen and oxygen atoms in total. The zero-order valence-corrected chi connectivity index (χ0v) is 15.8. The molecule has 0 fully saturated rings. The fourth-order valence-corrected chi connectivity index (χ4v) is 3.29. The van der Waals surface area contributed by atoms with Crippen LogP contribution in [0.2, 0.25) is 0 Å². The van der Waals surface area contributed by atoms with Crippen molar-refractivity contribution in [1.29, 1.82) is 0 Å². The van der Waals surface area contributed by atoms with Gasteiger partial charge >= 0.3 is 0 Å². The van der Waals surface area contributed by atoms with E-state index in [9.17, 15) is 4.79 Å². The highest BCUT2D eigenvalue weighted by Gasteiger charge is 2.23. The molecule has 5 heteroatoms. The summed E-state index contributed by atoms with van der Waals surface area (Å²) in [6, 6.07) is 13.8. The first-order chi connectivity index (χ1) is 12.1. The standard InChI is InChI=1S/C20H22BrNO3/c1-14-4-2-5-16(12-14)24-10-3-6-20(23)22-18-9-11-25-19-8-7-15(21)13-17(18)19/h2,4-5,7-8,12-13,18H,3,6,9-11H2,1H3,(H,22,23). The number of nitrogens with one attached hydrogen (secondary N) is 1. The Kier molecular flexibility index (Phi) is 5.97. The molecule has 2 aromatic rings. The zero-order valence-electron chi connectivity index (χ0n) is 14.3. The highest BCUT2D eigenvalue weighted by molar-refractivity contribution is 9.10. The van der Waals surface area contributed by atoms with Crippen LogP contribution in [0, 0.1) is 6.92 Å². The van der Waals surface area contributed by atoms with Gasteiger partial charge in [0.15, 0.2) is 0 Å². The summed E-state index contributed by atoms with van der Waals surface area (Å²) in [4.78, 5) is 12.3. The second-order valence-electron chi connectivity index (χ2n) is 6.21. The molecule has 1 unspecified atom stereocenters. The third-order valence-electron chi connectivity index (χ3n) is 4.15. The summed E-state index contributed by atoms with van der Waals surface area (Å²) in [5, 5.41) is 3.11. The van der Waals surface area contributed by atoms with E-state index in [1.807, 2.05) is 49.4 Å². The van der Waals surface area contributed by atoms with Crippen molar-refractivity contribution in [3.05, 3.63) is 58.1 Å². The molecular formula is C20H22BrNO3. The summed E-state index contributed by atoms with van der Waals surface area (Å²) in [6.45, 7) is 3.19. The second kappa shape index (κ2) is 8.39. The van der Waals surface area contributed by atoms with Gasteiger partial charge in [0.1, 0.15) is 11.5 Å². The molecule has 2 aromatic carbocycles. The van der Waals surface area contributed by atoms with Crippen molar-refractivity contribution in [2.24, 2.45) is 0 Å². The molecule has 0 spiro atoms. The largest absolute Gasteiger partial charge is 0.494 e. The Morgan fingerprint density at radius 3 is 3.04 bits per heavy atom. The van der Waals surface area contributed by atoms with Crippen molar-refractivity contribution in [2.45, 2.75) is 32.2 Å². The van der Waals surface area contributed by atoms with E-state index in [1.165, 1.54) is 5.56 Å². The Morgan fingerprint density at radius 2 is 2.20 bits per heavy atom. The van der Waals surface area contributed by atoms with E-state index in [-0.39, 0.29) is 11.9 Å². The average Bonchev–Trinajstić information content (AvgIpc) is 2.59. The number of amides is 1. The first-order valence-electron chi connectivity index (χ1n) is 8.53. The first-order valence-corrected chi connectivity index (χ1v) is 9.32. The van der Waals surface area contributed by atoms with Crippen molar-refractivity contribution in [3.8, 4) is 11.5 Å². The van der Waals surface area contributed by atoms with Crippen LogP contribution in [0.5, 0.6) is 11.5 Å². The van der Waals surface area contributed by atoms with E-state index in [4.69, 9.17) is 9.47 Å². The van der Waals surface area contributed by atoms with Crippen molar-refractivity contribution in [3.63, 3.8) is 0 Å². The van der Waals surface area contributed by atoms with Crippen LogP contribution in [-0.4, -0.2) is 19.1 Å². The summed E-state index contributed by atoms with van der Waals surface area (Å²) in [5.74, 6) is 1.75. The number of aryl methyl sites for hydroxylation is 1. The molecule has 0 saturated carbocycles. The van der Waals surface area contributed by atoms with Crippen LogP contribution in [0.1, 0.15) is 36.4 Å². The number of carbonyl (C=O) groups excluding carboxylic acids is 1. The zero-order chi connectivity index (χ0) is 17.6. The van der Waals surface area contributed by atoms with E-state index >= 15 is 0 Å². The summed E-state index contributed by atoms with van der Waals surface area (Å²) in [5.41, 5.74) is 2.20. The third kappa shape index (κ3) is 4.98. The number of benzene rings is 2. The van der Waals surface area contributed by atoms with E-state index in [0.717, 1.165) is 28.0 Å². The van der Waals surface area contributed by atoms with Gasteiger partial charge in [-0.3, -0.25) is 4.79 Å². The minimum Gasteiger partial charge on any atom is -0.494 e. The van der Waals surface area contributed by atoms with Gasteiger partial charge in [-0.05, 0) is 49.2 Å². The summed E-state index contributed by atoms with van der Waals surface area (Å²) < 4.78 is 12.3. The lowest BCUT2D eigenvalue weighted by Crippen LogP contribution is -2.32. The monoisotopic (exact) mass is 403 g/mol. The van der Waals surface area contributed by atoms with Gasteiger partial charge in [0.2, 0.25) is 5.91 Å². The molecule has 0 radical (unpaired) electrons. The number of fused-ring (bicyclic) bond motifs is 1. The number of rotatable bonds is 6. The molecule has 0 aromatic heterocycles. The lowest BCUT2D eigenvalue weighted by atomic mass is 10.0. The number of hydrogen-bond donors (Lipinski definition) is 1. The van der Waals surface area contributed by atoms with Gasteiger partial charge in [-0.2, -0.15) is 0 Å². The fraction of sp³-hybridized carbons (Fsp3) is 0.350. The van der Waals surface area contributed by atoms with Gasteiger partial charge in [-0.25, -0.2) is 0 Å². The molecule has 0 aliphatic carbocycles. The Morgan fingerprint density at radius 1 is 1.32 bits per heavy atom. The Bertz CT molecular complexity index is 747. The van der Waals surface area contributed by atoms with Crippen molar-refractivity contribution in [2.75, 3.05) is 13.2 Å². The molecule has 132 valence electrons. The van der Waals surface area contributed by atoms with Crippen LogP contribution in [0.25, 0.3) is 0 Å². The SMILES string of the molecule is Cc1cccc(OCCCC(=O)NC2CCOc3ccc(Br)cc32)c1. The van der Waals surface area contributed by atoms with Crippen molar-refractivity contribution < 1.29 is 14.3 Å². The predicted molar refractivity (Wildman–Crippen MR) is 101 cm³/mol. The molecule has 1 amide bonds. The highest BCUT2D eigenvalue weighted by atomic mass is 79.9. The minimum absolute atomic E-state index is 0.00596. The fourth-order valence-electron chi connectivity index (χ4n) is 2.91. The van der Waals surface area contributed by atoms with Gasteiger partial charge in [0.05, 0.1) is 19.3 Å². The van der Waals surface area contributed by atoms with Crippen LogP contribution < -0.4 is 14.8 Å². The summed E-state index contributed by atoms with van der Waals surface area (Å²) in [6.07, 6.45) is 1.93. The lowest BCUT2D eigenvalue weighted by Gasteiger charge is -2.27. The number of halogens is 1. The van der Waals surface area contributed by atoms with Crippen LogP contribution in [0.4, 0.5) is 0 Å². The first kappa shape index (κ1) is 17.8. The second-order valence-corrected chi connectivity index (χ2v) is 7.12. The van der Waals surface area contributed by atoms with Crippen molar-refractivity contribution >= 4 is 21.8 Å². The maximum atomic E-state index is 12.3. The predicted octanol–water partition coefficient (Wildman–Crippen LogP) is 4.56. The smallest absolute Gasteiger partial charge is 0.220 e. The maximum Gasteiger partial charge on any atom is 0.220 e. The highest BCUT2D eigenvalue weighted by Crippen LogP contribution is 2.34. The number of carbonyl (C=O) groups is 1. The molecule has 1 N–H and O–H groups in total. The number of ether oxygens (including phenoxy) is 2.